The van der Waals surface area contributed by atoms with Crippen LogP contribution in [0.2, 0.25) is 0 Å². The summed E-state index contributed by atoms with van der Waals surface area (Å²) in [5, 5.41) is 9.68. The Balaban J connectivity index is 1.63. The molecular formula is C20H33N3O2. The molecule has 0 bridgehead atoms. The zero-order valence-corrected chi connectivity index (χ0v) is 15.7. The van der Waals surface area contributed by atoms with Crippen molar-refractivity contribution >= 4 is 5.69 Å². The first-order valence-electron chi connectivity index (χ1n) is 9.53. The summed E-state index contributed by atoms with van der Waals surface area (Å²) in [6.45, 7) is 8.09. The average molecular weight is 348 g/mol. The Morgan fingerprint density at radius 3 is 2.64 bits per heavy atom. The Labute approximate surface area is 152 Å². The van der Waals surface area contributed by atoms with Crippen LogP contribution in [0, 0.1) is 11.8 Å². The van der Waals surface area contributed by atoms with Crippen LogP contribution in [0.3, 0.4) is 0 Å². The van der Waals surface area contributed by atoms with Gasteiger partial charge >= 0.3 is 0 Å². The van der Waals surface area contributed by atoms with E-state index in [0.717, 1.165) is 58.9 Å². The largest absolute Gasteiger partial charge is 0.396 e. The lowest BCUT2D eigenvalue weighted by Gasteiger charge is -2.38. The molecule has 2 atom stereocenters. The number of piperidine rings is 1. The Bertz CT molecular complexity index is 531. The molecule has 2 fully saturated rings. The van der Waals surface area contributed by atoms with Gasteiger partial charge in [0.2, 0.25) is 0 Å². The lowest BCUT2D eigenvalue weighted by Crippen LogP contribution is -2.44. The molecule has 1 N–H and O–H groups in total. The molecule has 0 aliphatic carbocycles. The number of benzene rings is 1. The number of likely N-dealkylation sites (tertiary alicyclic amines) is 1. The summed E-state index contributed by atoms with van der Waals surface area (Å²) < 4.78 is 5.46. The summed E-state index contributed by atoms with van der Waals surface area (Å²) in [5.74, 6) is 1.05. The van der Waals surface area contributed by atoms with Crippen LogP contribution in [-0.2, 0) is 11.3 Å². The number of aliphatic hydroxyl groups excluding tert-OH is 1. The monoisotopic (exact) mass is 347 g/mol. The fourth-order valence-corrected chi connectivity index (χ4v) is 4.27. The van der Waals surface area contributed by atoms with Crippen molar-refractivity contribution in [1.29, 1.82) is 0 Å². The molecule has 0 aromatic heterocycles. The van der Waals surface area contributed by atoms with Gasteiger partial charge in [0.25, 0.3) is 0 Å². The summed E-state index contributed by atoms with van der Waals surface area (Å²) in [6, 6.07) is 8.93. The van der Waals surface area contributed by atoms with Crippen LogP contribution in [0.25, 0.3) is 0 Å². The van der Waals surface area contributed by atoms with Gasteiger partial charge in [0.1, 0.15) is 0 Å². The van der Waals surface area contributed by atoms with Gasteiger partial charge in [0.05, 0.1) is 13.2 Å². The Morgan fingerprint density at radius 1 is 1.16 bits per heavy atom. The average Bonchev–Trinajstić information content (AvgIpc) is 2.62. The minimum Gasteiger partial charge on any atom is -0.396 e. The van der Waals surface area contributed by atoms with E-state index >= 15 is 0 Å². The van der Waals surface area contributed by atoms with Crippen molar-refractivity contribution < 1.29 is 9.84 Å². The smallest absolute Gasteiger partial charge is 0.0642 e. The summed E-state index contributed by atoms with van der Waals surface area (Å²) in [5.41, 5.74) is 2.67. The minimum atomic E-state index is 0.300. The number of hydrogen-bond donors (Lipinski definition) is 1. The molecular weight excluding hydrogens is 314 g/mol. The maximum Gasteiger partial charge on any atom is 0.0642 e. The molecule has 0 saturated carbocycles. The van der Waals surface area contributed by atoms with E-state index in [1.807, 2.05) is 0 Å². The van der Waals surface area contributed by atoms with E-state index in [2.05, 4.69) is 53.1 Å². The standard InChI is InChI=1S/C20H33N3O2/c1-21(2)12-18-10-19(16-24)15-22(14-18)13-17-4-3-5-20(11-17)23-6-8-25-9-7-23/h3-5,11,18-19,24H,6-10,12-16H2,1-2H3/t18-,19+/m0/s1. The predicted octanol–water partition coefficient (Wildman–Crippen LogP) is 1.52. The van der Waals surface area contributed by atoms with Gasteiger partial charge in [0.15, 0.2) is 0 Å². The molecule has 0 radical (unpaired) electrons. The second-order valence-electron chi connectivity index (χ2n) is 7.88. The summed E-state index contributed by atoms with van der Waals surface area (Å²) in [7, 11) is 4.28. The highest BCUT2D eigenvalue weighted by Crippen LogP contribution is 2.25. The van der Waals surface area contributed by atoms with Crippen LogP contribution >= 0.6 is 0 Å². The third-order valence-corrected chi connectivity index (χ3v) is 5.27. The third kappa shape index (κ3) is 5.42. The number of hydrogen-bond acceptors (Lipinski definition) is 5. The van der Waals surface area contributed by atoms with E-state index in [4.69, 9.17) is 4.74 Å². The summed E-state index contributed by atoms with van der Waals surface area (Å²) in [4.78, 5) is 7.20. The second-order valence-corrected chi connectivity index (χ2v) is 7.88. The van der Waals surface area contributed by atoms with Gasteiger partial charge in [-0.25, -0.2) is 0 Å². The normalized spacial score (nSPS) is 25.5. The predicted molar refractivity (Wildman–Crippen MR) is 102 cm³/mol. The highest BCUT2D eigenvalue weighted by molar-refractivity contribution is 5.48. The lowest BCUT2D eigenvalue weighted by atomic mass is 9.89. The van der Waals surface area contributed by atoms with Crippen molar-refractivity contribution in [2.24, 2.45) is 11.8 Å². The summed E-state index contributed by atoms with van der Waals surface area (Å²) >= 11 is 0. The Morgan fingerprint density at radius 2 is 1.92 bits per heavy atom. The SMILES string of the molecule is CN(C)C[C@@H]1C[C@@H](CO)CN(Cc2cccc(N3CCOCC3)c2)C1. The van der Waals surface area contributed by atoms with Crippen LogP contribution in [0.4, 0.5) is 5.69 Å². The Hall–Kier alpha value is -1.14. The zero-order valence-electron chi connectivity index (χ0n) is 15.7. The van der Waals surface area contributed by atoms with E-state index in [0.29, 0.717) is 18.4 Å². The molecule has 5 heteroatoms. The first-order valence-corrected chi connectivity index (χ1v) is 9.53. The number of rotatable bonds is 6. The van der Waals surface area contributed by atoms with Crippen molar-refractivity contribution in [3.05, 3.63) is 29.8 Å². The zero-order chi connectivity index (χ0) is 17.6. The van der Waals surface area contributed by atoms with Crippen molar-refractivity contribution in [3.8, 4) is 0 Å². The fourth-order valence-electron chi connectivity index (χ4n) is 4.27. The van der Waals surface area contributed by atoms with E-state index in [1.165, 1.54) is 11.3 Å². The molecule has 2 aliphatic heterocycles. The van der Waals surface area contributed by atoms with Crippen molar-refractivity contribution in [3.63, 3.8) is 0 Å². The number of ether oxygens (including phenoxy) is 1. The quantitative estimate of drug-likeness (QED) is 0.845. The second kappa shape index (κ2) is 8.99. The molecule has 2 saturated heterocycles. The molecule has 25 heavy (non-hydrogen) atoms. The van der Waals surface area contributed by atoms with Crippen LogP contribution in [0.1, 0.15) is 12.0 Å². The van der Waals surface area contributed by atoms with E-state index in [9.17, 15) is 5.11 Å². The topological polar surface area (TPSA) is 39.2 Å². The molecule has 5 nitrogen and oxygen atoms in total. The van der Waals surface area contributed by atoms with Gasteiger partial charge in [0, 0.05) is 51.6 Å². The molecule has 0 amide bonds. The van der Waals surface area contributed by atoms with Crippen molar-refractivity contribution in [2.75, 3.05) is 71.5 Å². The van der Waals surface area contributed by atoms with Gasteiger partial charge in [-0.15, -0.1) is 0 Å². The third-order valence-electron chi connectivity index (χ3n) is 5.27. The molecule has 1 aromatic carbocycles. The maximum atomic E-state index is 9.68. The van der Waals surface area contributed by atoms with Crippen LogP contribution in [-0.4, -0.2) is 81.5 Å². The van der Waals surface area contributed by atoms with Crippen molar-refractivity contribution in [2.45, 2.75) is 13.0 Å². The van der Waals surface area contributed by atoms with Gasteiger partial charge in [-0.2, -0.15) is 0 Å². The number of anilines is 1. The number of aliphatic hydroxyl groups is 1. The van der Waals surface area contributed by atoms with Gasteiger partial charge in [-0.05, 0) is 50.0 Å². The highest BCUT2D eigenvalue weighted by atomic mass is 16.5. The van der Waals surface area contributed by atoms with Crippen LogP contribution in [0.15, 0.2) is 24.3 Å². The molecule has 1 aromatic rings. The van der Waals surface area contributed by atoms with Crippen LogP contribution < -0.4 is 4.90 Å². The first kappa shape index (κ1) is 18.6. The van der Waals surface area contributed by atoms with E-state index in [-0.39, 0.29) is 0 Å². The van der Waals surface area contributed by atoms with Gasteiger partial charge < -0.3 is 19.6 Å². The molecule has 0 unspecified atom stereocenters. The maximum absolute atomic E-state index is 9.68. The lowest BCUT2D eigenvalue weighted by molar-refractivity contribution is 0.0692. The first-order chi connectivity index (χ1) is 12.1. The summed E-state index contributed by atoms with van der Waals surface area (Å²) in [6.07, 6.45) is 1.14. The highest BCUT2D eigenvalue weighted by Gasteiger charge is 2.27. The minimum absolute atomic E-state index is 0.300. The number of morpholine rings is 1. The molecule has 3 rings (SSSR count). The number of nitrogens with zero attached hydrogens (tertiary/aromatic N) is 3. The van der Waals surface area contributed by atoms with Crippen molar-refractivity contribution in [1.82, 2.24) is 9.80 Å². The van der Waals surface area contributed by atoms with Crippen LogP contribution in [0.5, 0.6) is 0 Å². The fraction of sp³-hybridized carbons (Fsp3) is 0.700. The van der Waals surface area contributed by atoms with E-state index < -0.39 is 0 Å². The molecule has 2 heterocycles. The molecule has 2 aliphatic rings. The molecule has 0 spiro atoms. The van der Waals surface area contributed by atoms with Gasteiger partial charge in [-0.1, -0.05) is 12.1 Å². The Kier molecular flexibility index (Phi) is 6.70. The van der Waals surface area contributed by atoms with E-state index in [1.54, 1.807) is 0 Å². The molecule has 140 valence electrons. The van der Waals surface area contributed by atoms with Gasteiger partial charge in [-0.3, -0.25) is 4.90 Å².